The first kappa shape index (κ1) is 15.5. The van der Waals surface area contributed by atoms with Crippen LogP contribution >= 0.6 is 12.2 Å². The van der Waals surface area contributed by atoms with Crippen molar-refractivity contribution in [1.82, 2.24) is 0 Å². The van der Waals surface area contributed by atoms with Gasteiger partial charge in [-0.2, -0.15) is 0 Å². The lowest BCUT2D eigenvalue weighted by atomic mass is 10.0. The van der Waals surface area contributed by atoms with Crippen molar-refractivity contribution in [2.24, 2.45) is 5.73 Å². The molecule has 2 aromatic rings. The van der Waals surface area contributed by atoms with Crippen LogP contribution in [0.3, 0.4) is 0 Å². The van der Waals surface area contributed by atoms with Crippen LogP contribution in [-0.2, 0) is 6.54 Å². The van der Waals surface area contributed by atoms with Crippen molar-refractivity contribution in [2.45, 2.75) is 26.8 Å². The van der Waals surface area contributed by atoms with Crippen LogP contribution in [0.25, 0.3) is 0 Å². The molecule has 0 fully saturated rings. The van der Waals surface area contributed by atoms with Gasteiger partial charge in [-0.15, -0.1) is 0 Å². The maximum Gasteiger partial charge on any atom is 0.0745 e. The van der Waals surface area contributed by atoms with Gasteiger partial charge >= 0.3 is 0 Å². The summed E-state index contributed by atoms with van der Waals surface area (Å²) < 4.78 is 0. The fourth-order valence-corrected chi connectivity index (χ4v) is 2.56. The van der Waals surface area contributed by atoms with Gasteiger partial charge in [0.15, 0.2) is 0 Å². The lowest BCUT2D eigenvalue weighted by Gasteiger charge is -2.26. The largest absolute Gasteiger partial charge is 0.393 e. The van der Waals surface area contributed by atoms with Gasteiger partial charge in [0.05, 0.1) is 4.99 Å². The maximum absolute atomic E-state index is 5.68. The fraction of sp³-hybridized carbons (Fsp3) is 0.278. The number of nitrogens with two attached hydrogens (primary N) is 1. The second-order valence-corrected chi connectivity index (χ2v) is 5.87. The molecule has 2 nitrogen and oxygen atoms in total. The van der Waals surface area contributed by atoms with E-state index < -0.39 is 0 Å². The molecule has 0 aliphatic rings. The summed E-state index contributed by atoms with van der Waals surface area (Å²) in [6.45, 7) is 6.05. The van der Waals surface area contributed by atoms with Crippen LogP contribution in [-0.4, -0.2) is 11.5 Å². The minimum absolute atomic E-state index is 0.567. The second-order valence-electron chi connectivity index (χ2n) is 5.34. The van der Waals surface area contributed by atoms with Gasteiger partial charge in [-0.25, -0.2) is 0 Å². The Labute approximate surface area is 132 Å². The molecule has 0 atom stereocenters. The Morgan fingerprint density at radius 1 is 1.00 bits per heavy atom. The highest BCUT2D eigenvalue weighted by Gasteiger charge is 2.11. The monoisotopic (exact) mass is 298 g/mol. The summed E-state index contributed by atoms with van der Waals surface area (Å²) in [5, 5.41) is 0. The SMILES string of the molecule is Cc1cccc(C)c1CN(CCC(N)=S)c1ccccc1. The third-order valence-corrected chi connectivity index (χ3v) is 3.95. The lowest BCUT2D eigenvalue weighted by Crippen LogP contribution is -2.27. The smallest absolute Gasteiger partial charge is 0.0745 e. The molecule has 3 heteroatoms. The summed E-state index contributed by atoms with van der Waals surface area (Å²) in [7, 11) is 0. The zero-order chi connectivity index (χ0) is 15.2. The molecular formula is C18H22N2S. The minimum Gasteiger partial charge on any atom is -0.393 e. The van der Waals surface area contributed by atoms with Gasteiger partial charge in [0.1, 0.15) is 0 Å². The molecule has 0 bridgehead atoms. The first-order valence-corrected chi connectivity index (χ1v) is 7.62. The molecule has 0 unspecified atom stereocenters. The van der Waals surface area contributed by atoms with E-state index in [2.05, 4.69) is 61.2 Å². The van der Waals surface area contributed by atoms with Crippen molar-refractivity contribution < 1.29 is 0 Å². The Morgan fingerprint density at radius 2 is 1.62 bits per heavy atom. The molecule has 2 rings (SSSR count). The summed E-state index contributed by atoms with van der Waals surface area (Å²) in [5.41, 5.74) is 10.9. The fourth-order valence-electron chi connectivity index (χ4n) is 2.47. The van der Waals surface area contributed by atoms with Gasteiger partial charge in [0.2, 0.25) is 0 Å². The molecule has 2 aromatic carbocycles. The van der Waals surface area contributed by atoms with Crippen molar-refractivity contribution in [2.75, 3.05) is 11.4 Å². The minimum atomic E-state index is 0.567. The lowest BCUT2D eigenvalue weighted by molar-refractivity contribution is 0.799. The van der Waals surface area contributed by atoms with Crippen LogP contribution in [0.1, 0.15) is 23.1 Å². The van der Waals surface area contributed by atoms with Crippen molar-refractivity contribution in [3.05, 3.63) is 65.2 Å². The zero-order valence-electron chi connectivity index (χ0n) is 12.7. The third-order valence-electron chi connectivity index (χ3n) is 3.74. The maximum atomic E-state index is 5.68. The Hall–Kier alpha value is -1.87. The van der Waals surface area contributed by atoms with Gasteiger partial charge in [0.25, 0.3) is 0 Å². The summed E-state index contributed by atoms with van der Waals surface area (Å²) in [5.74, 6) is 0. The van der Waals surface area contributed by atoms with Crippen LogP contribution in [0, 0.1) is 13.8 Å². The van der Waals surface area contributed by atoms with E-state index in [1.54, 1.807) is 0 Å². The number of thiocarbonyl (C=S) groups is 1. The molecule has 110 valence electrons. The highest BCUT2D eigenvalue weighted by Crippen LogP contribution is 2.21. The van der Waals surface area contributed by atoms with Crippen molar-refractivity contribution in [3.8, 4) is 0 Å². The highest BCUT2D eigenvalue weighted by molar-refractivity contribution is 7.80. The predicted molar refractivity (Wildman–Crippen MR) is 94.8 cm³/mol. The number of nitrogens with zero attached hydrogens (tertiary/aromatic N) is 1. The molecule has 0 spiro atoms. The van der Waals surface area contributed by atoms with Crippen LogP contribution in [0.5, 0.6) is 0 Å². The number of aryl methyl sites for hydroxylation is 2. The van der Waals surface area contributed by atoms with Gasteiger partial charge in [0, 0.05) is 25.2 Å². The van der Waals surface area contributed by atoms with E-state index in [4.69, 9.17) is 18.0 Å². The first-order chi connectivity index (χ1) is 10.1. The Bertz CT molecular complexity index is 588. The highest BCUT2D eigenvalue weighted by atomic mass is 32.1. The van der Waals surface area contributed by atoms with E-state index in [0.29, 0.717) is 4.99 Å². The molecule has 0 aliphatic heterocycles. The van der Waals surface area contributed by atoms with Crippen molar-refractivity contribution >= 4 is 22.9 Å². The average molecular weight is 298 g/mol. The van der Waals surface area contributed by atoms with E-state index >= 15 is 0 Å². The van der Waals surface area contributed by atoms with E-state index in [9.17, 15) is 0 Å². The van der Waals surface area contributed by atoms with Gasteiger partial charge < -0.3 is 10.6 Å². The molecule has 21 heavy (non-hydrogen) atoms. The van der Waals surface area contributed by atoms with Crippen LogP contribution in [0.15, 0.2) is 48.5 Å². The summed E-state index contributed by atoms with van der Waals surface area (Å²) >= 11 is 5.03. The molecule has 0 heterocycles. The summed E-state index contributed by atoms with van der Waals surface area (Å²) in [6, 6.07) is 16.9. The first-order valence-electron chi connectivity index (χ1n) is 7.21. The standard InChI is InChI=1S/C18H22N2S/c1-14-7-6-8-15(2)17(14)13-20(12-11-18(19)21)16-9-4-3-5-10-16/h3-10H,11-13H2,1-2H3,(H2,19,21). The second kappa shape index (κ2) is 7.23. The molecule has 0 saturated carbocycles. The summed E-state index contributed by atoms with van der Waals surface area (Å²) in [6.07, 6.45) is 0.731. The molecule has 0 aromatic heterocycles. The van der Waals surface area contributed by atoms with Crippen LogP contribution < -0.4 is 10.6 Å². The molecule has 0 amide bonds. The number of para-hydroxylation sites is 1. The van der Waals surface area contributed by atoms with Gasteiger partial charge in [-0.05, 0) is 42.7 Å². The Morgan fingerprint density at radius 3 is 2.19 bits per heavy atom. The van der Waals surface area contributed by atoms with Crippen molar-refractivity contribution in [3.63, 3.8) is 0 Å². The topological polar surface area (TPSA) is 29.3 Å². The van der Waals surface area contributed by atoms with E-state index in [1.165, 1.54) is 22.4 Å². The zero-order valence-corrected chi connectivity index (χ0v) is 13.5. The molecule has 2 N–H and O–H groups in total. The molecule has 0 aliphatic carbocycles. The Kier molecular flexibility index (Phi) is 5.34. The normalized spacial score (nSPS) is 10.4. The number of benzene rings is 2. The molecule has 0 saturated heterocycles. The molecule has 0 radical (unpaired) electrons. The average Bonchev–Trinajstić information content (AvgIpc) is 2.47. The predicted octanol–water partition coefficient (Wildman–Crippen LogP) is 3.99. The third kappa shape index (κ3) is 4.30. The van der Waals surface area contributed by atoms with Gasteiger partial charge in [-0.1, -0.05) is 48.6 Å². The number of hydrogen-bond acceptors (Lipinski definition) is 2. The number of anilines is 1. The molecular weight excluding hydrogens is 276 g/mol. The quantitative estimate of drug-likeness (QED) is 0.818. The van der Waals surface area contributed by atoms with Gasteiger partial charge in [-0.3, -0.25) is 0 Å². The van der Waals surface area contributed by atoms with Crippen LogP contribution in [0.4, 0.5) is 5.69 Å². The van der Waals surface area contributed by atoms with E-state index in [0.717, 1.165) is 19.5 Å². The number of rotatable bonds is 6. The van der Waals surface area contributed by atoms with E-state index in [1.807, 2.05) is 6.07 Å². The number of hydrogen-bond donors (Lipinski definition) is 1. The van der Waals surface area contributed by atoms with Crippen LogP contribution in [0.2, 0.25) is 0 Å². The van der Waals surface area contributed by atoms with Crippen molar-refractivity contribution in [1.29, 1.82) is 0 Å². The Balaban J connectivity index is 2.25. The van der Waals surface area contributed by atoms with E-state index in [-0.39, 0.29) is 0 Å². The summed E-state index contributed by atoms with van der Waals surface area (Å²) in [4.78, 5) is 2.91.